The van der Waals surface area contributed by atoms with Crippen molar-refractivity contribution in [2.24, 2.45) is 0 Å². The van der Waals surface area contributed by atoms with E-state index in [2.05, 4.69) is 42.5 Å². The van der Waals surface area contributed by atoms with E-state index in [-0.39, 0.29) is 94.2 Å². The van der Waals surface area contributed by atoms with Gasteiger partial charge in [0.1, 0.15) is 41.3 Å². The summed E-state index contributed by atoms with van der Waals surface area (Å²) in [5.41, 5.74) is -2.12. The second kappa shape index (κ2) is 28.7. The van der Waals surface area contributed by atoms with Crippen LogP contribution in [-0.2, 0) is 32.2 Å². The fourth-order valence-electron chi connectivity index (χ4n) is 7.79. The minimum Gasteiger partial charge on any atom is -0.444 e. The zero-order chi connectivity index (χ0) is 53.6. The van der Waals surface area contributed by atoms with Crippen molar-refractivity contribution in [3.63, 3.8) is 0 Å². The van der Waals surface area contributed by atoms with Crippen LogP contribution in [0.5, 0.6) is 0 Å². The van der Waals surface area contributed by atoms with Gasteiger partial charge in [-0.25, -0.2) is 4.79 Å². The Hall–Kier alpha value is -7.60. The molecule has 6 amide bonds. The van der Waals surface area contributed by atoms with Crippen LogP contribution in [0.3, 0.4) is 0 Å². The number of hydrogen-bond donors (Lipinski definition) is 8. The van der Waals surface area contributed by atoms with Crippen LogP contribution in [0, 0.1) is 0 Å². The molecular weight excluding hydrogens is 973 g/mol. The van der Waals surface area contributed by atoms with Crippen LogP contribution < -0.4 is 63.3 Å². The monoisotopic (exact) mass is 1040 g/mol. The van der Waals surface area contributed by atoms with Gasteiger partial charge in [0.05, 0.1) is 44.6 Å². The normalized spacial score (nSPS) is 18.6. The van der Waals surface area contributed by atoms with Gasteiger partial charge in [-0.15, -0.1) is 9.46 Å². The van der Waals surface area contributed by atoms with E-state index >= 15 is 0 Å². The fourth-order valence-corrected chi connectivity index (χ4v) is 7.79. The van der Waals surface area contributed by atoms with Crippen LogP contribution in [0.25, 0.3) is 0 Å². The Kier molecular flexibility index (Phi) is 21.7. The Morgan fingerprint density at radius 1 is 0.613 bits per heavy atom. The number of nitrogens with zero attached hydrogens (tertiary/aromatic N) is 2. The van der Waals surface area contributed by atoms with Gasteiger partial charge in [-0.1, -0.05) is 60.7 Å². The summed E-state index contributed by atoms with van der Waals surface area (Å²) in [6, 6.07) is 20.6. The summed E-state index contributed by atoms with van der Waals surface area (Å²) in [6.07, 6.45) is 1.39. The summed E-state index contributed by atoms with van der Waals surface area (Å²) in [4.78, 5) is 120. The molecule has 8 N–H and O–H groups in total. The van der Waals surface area contributed by atoms with Gasteiger partial charge in [0.2, 0.25) is 5.91 Å². The van der Waals surface area contributed by atoms with E-state index in [1.54, 1.807) is 69.3 Å². The van der Waals surface area contributed by atoms with Crippen molar-refractivity contribution >= 4 is 35.6 Å². The molecule has 2 aromatic carbocycles. The number of nitrogens with one attached hydrogen (secondary N) is 8. The molecule has 4 aliphatic rings. The number of ether oxygens (including phenoxy) is 3. The molecule has 0 spiro atoms. The number of carbonyl (C=O) groups is 6. The quantitative estimate of drug-likeness (QED) is 0.0844. The van der Waals surface area contributed by atoms with Gasteiger partial charge in [-0.2, -0.15) is 0 Å². The van der Waals surface area contributed by atoms with Gasteiger partial charge in [-0.05, 0) is 101 Å². The highest BCUT2D eigenvalue weighted by molar-refractivity contribution is 5.98. The third-order valence-electron chi connectivity index (χ3n) is 11.6. The van der Waals surface area contributed by atoms with Crippen molar-refractivity contribution in [1.82, 2.24) is 52.0 Å². The number of rotatable bonds is 13. The van der Waals surface area contributed by atoms with Crippen LogP contribution in [0.1, 0.15) is 99.3 Å². The molecule has 0 aliphatic carbocycles. The molecule has 4 aliphatic heterocycles. The molecule has 75 heavy (non-hydrogen) atoms. The molecule has 1 fully saturated rings. The topological polar surface area (TPSA) is 289 Å². The number of aromatic nitrogens is 2. The van der Waals surface area contributed by atoms with Crippen molar-refractivity contribution in [1.29, 1.82) is 0 Å². The molecule has 6 heterocycles. The molecule has 0 radical (unpaired) electrons. The average molecular weight is 1040 g/mol. The first-order valence-corrected chi connectivity index (χ1v) is 25.1. The Balaban J connectivity index is 1.18. The summed E-state index contributed by atoms with van der Waals surface area (Å²) in [7, 11) is 0. The minimum absolute atomic E-state index is 0.0493. The first kappa shape index (κ1) is 56.7. The minimum atomic E-state index is -0.927. The van der Waals surface area contributed by atoms with Gasteiger partial charge in [-0.3, -0.25) is 33.6 Å². The molecule has 8 rings (SSSR count). The fraction of sp³-hybridized carbons (Fsp3) is 0.462. The second-order valence-electron chi connectivity index (χ2n) is 18.6. The maximum Gasteiger partial charge on any atom is 0.407 e. The summed E-state index contributed by atoms with van der Waals surface area (Å²) in [6.45, 7) is 7.57. The molecule has 4 bridgehead atoms. The predicted octanol–water partition coefficient (Wildman–Crippen LogP) is 0.434. The predicted molar refractivity (Wildman–Crippen MR) is 274 cm³/mol. The van der Waals surface area contributed by atoms with Crippen molar-refractivity contribution in [2.45, 2.75) is 83.4 Å². The Labute approximate surface area is 434 Å². The van der Waals surface area contributed by atoms with E-state index in [1.807, 2.05) is 12.1 Å². The number of alkyl carbamates (subject to hydrolysis) is 1. The zero-order valence-corrected chi connectivity index (χ0v) is 42.5. The van der Waals surface area contributed by atoms with E-state index in [0.29, 0.717) is 56.4 Å². The molecule has 2 aromatic heterocycles. The smallest absolute Gasteiger partial charge is 0.407 e. The number of amides is 6. The lowest BCUT2D eigenvalue weighted by molar-refractivity contribution is -0.123. The number of hydrogen-bond acceptors (Lipinski definition) is 15. The molecule has 3 atom stereocenters. The number of carbonyl (C=O) groups excluding carboxylic acids is 6. The van der Waals surface area contributed by atoms with Crippen LogP contribution >= 0.6 is 0 Å². The van der Waals surface area contributed by atoms with Crippen LogP contribution in [0.4, 0.5) is 4.79 Å². The molecule has 4 aromatic rings. The number of benzene rings is 2. The zero-order valence-electron chi connectivity index (χ0n) is 42.5. The lowest BCUT2D eigenvalue weighted by Gasteiger charge is -2.21. The molecule has 23 nitrogen and oxygen atoms in total. The standard InChI is InChI=1S/C52H68N10O13/c1-52(2,3)75-51(70)58-28-30-71-29-27-57-46(65)39-17-10-22-53-23-11-25-55-47(66)42-20-18-37(49(68)61(42)73-31-35-13-6-4-7-14-35)44(63)59-40-33-72-34-41(40)60-45(64)38-19-21-43(48(67)56-26-12-24-54-39)62(50(38)69)74-32-36-15-8-5-9-16-36/h4-9,13-16,18-21,39-41,53-54H,10-12,17,22-34H2,1-3H3,(H,55,66)(H,56,67)(H,57,65)(H,58,70)(H,59,63)(H,60,64)/t39?,40-,41+/m1/s1. The maximum atomic E-state index is 14.1. The van der Waals surface area contributed by atoms with Crippen molar-refractivity contribution < 1.29 is 52.7 Å². The average Bonchev–Trinajstić information content (AvgIpc) is 3.82. The second-order valence-corrected chi connectivity index (χ2v) is 18.6. The Morgan fingerprint density at radius 3 is 1.63 bits per heavy atom. The summed E-state index contributed by atoms with van der Waals surface area (Å²) >= 11 is 0. The molecule has 1 unspecified atom stereocenters. The van der Waals surface area contributed by atoms with Crippen LogP contribution in [-0.4, -0.2) is 141 Å². The van der Waals surface area contributed by atoms with Gasteiger partial charge < -0.3 is 66.4 Å². The first-order chi connectivity index (χ1) is 36.2. The summed E-state index contributed by atoms with van der Waals surface area (Å²) in [5.74, 6) is -3.20. The van der Waals surface area contributed by atoms with Gasteiger partial charge in [0.15, 0.2) is 0 Å². The van der Waals surface area contributed by atoms with E-state index < -0.39 is 64.6 Å². The highest BCUT2D eigenvalue weighted by Crippen LogP contribution is 2.11. The Bertz CT molecular complexity index is 2680. The molecule has 23 heteroatoms. The van der Waals surface area contributed by atoms with Crippen molar-refractivity contribution in [3.8, 4) is 0 Å². The summed E-state index contributed by atoms with van der Waals surface area (Å²) < 4.78 is 18.0. The van der Waals surface area contributed by atoms with Gasteiger partial charge in [0.25, 0.3) is 34.7 Å². The SMILES string of the molecule is CC(C)(C)OC(=O)NCCOCCNC(=O)C1CCCNCCCNC(=O)c2ccc(c(=O)n2OCc2ccccc2)C(=O)N[C@@H]2COC[C@@H]2NC(=O)c2ccc(n(OCc3ccccc3)c2=O)C(=O)NCCCN1. The molecule has 404 valence electrons. The van der Waals surface area contributed by atoms with E-state index in [0.717, 1.165) is 9.46 Å². The van der Waals surface area contributed by atoms with E-state index in [4.69, 9.17) is 23.9 Å². The lowest BCUT2D eigenvalue weighted by Crippen LogP contribution is -2.52. The highest BCUT2D eigenvalue weighted by atomic mass is 16.7. The maximum absolute atomic E-state index is 14.1. The largest absolute Gasteiger partial charge is 0.444 e. The van der Waals surface area contributed by atoms with E-state index in [1.165, 1.54) is 24.3 Å². The number of pyridine rings is 2. The molecule has 0 saturated carbocycles. The van der Waals surface area contributed by atoms with Crippen molar-refractivity contribution in [3.05, 3.63) is 139 Å². The third kappa shape index (κ3) is 17.8. The first-order valence-electron chi connectivity index (χ1n) is 25.1. The van der Waals surface area contributed by atoms with Crippen LogP contribution in [0.2, 0.25) is 0 Å². The third-order valence-corrected chi connectivity index (χ3v) is 11.6. The molecular formula is C52H68N10O13. The lowest BCUT2D eigenvalue weighted by atomic mass is 10.1. The van der Waals surface area contributed by atoms with Crippen LogP contribution in [0.15, 0.2) is 94.5 Å². The van der Waals surface area contributed by atoms with Gasteiger partial charge in [0, 0.05) is 26.2 Å². The van der Waals surface area contributed by atoms with E-state index in [9.17, 15) is 38.4 Å². The number of fused-ring (bicyclic) bond motifs is 2. The van der Waals surface area contributed by atoms with Crippen molar-refractivity contribution in [2.75, 3.05) is 72.2 Å². The summed E-state index contributed by atoms with van der Waals surface area (Å²) in [5, 5.41) is 23.2. The Morgan fingerprint density at radius 2 is 1.11 bits per heavy atom. The highest BCUT2D eigenvalue weighted by Gasteiger charge is 2.34. The molecule has 1 saturated heterocycles. The van der Waals surface area contributed by atoms with Gasteiger partial charge >= 0.3 is 6.09 Å².